The first-order chi connectivity index (χ1) is 7.10. The lowest BCUT2D eigenvalue weighted by Gasteiger charge is -2.22. The van der Waals surface area contributed by atoms with E-state index in [1.165, 1.54) is 6.92 Å². The van der Waals surface area contributed by atoms with Crippen LogP contribution >= 0.6 is 7.60 Å². The maximum absolute atomic E-state index is 12.2. The van der Waals surface area contributed by atoms with Crippen LogP contribution in [0.5, 0.6) is 0 Å². The van der Waals surface area contributed by atoms with E-state index in [9.17, 15) is 13.0 Å². The van der Waals surface area contributed by atoms with Gasteiger partial charge in [0, 0.05) is 5.75 Å². The molecule has 0 rings (SSSR count). The molecule has 0 aromatic rings. The number of sulfone groups is 1. The monoisotopic (exact) mass is 272 g/mol. The number of rotatable bonds is 7. The molecular formula is C9H21O5PS. The van der Waals surface area contributed by atoms with Gasteiger partial charge < -0.3 is 9.05 Å². The van der Waals surface area contributed by atoms with Crippen LogP contribution in [0.3, 0.4) is 0 Å². The van der Waals surface area contributed by atoms with Gasteiger partial charge in [-0.2, -0.15) is 0 Å². The summed E-state index contributed by atoms with van der Waals surface area (Å²) >= 11 is 0. The Morgan fingerprint density at radius 2 is 1.44 bits per heavy atom. The molecule has 0 aliphatic carbocycles. The Bertz CT molecular complexity index is 333. The zero-order valence-corrected chi connectivity index (χ0v) is 12.2. The Hall–Kier alpha value is 0.1000. The molecule has 0 saturated carbocycles. The summed E-state index contributed by atoms with van der Waals surface area (Å²) in [6.07, 6.45) is -0.673. The SMILES string of the molecule is CCS(=O)(=O)CP(=O)(OC(C)C)OC(C)C. The first-order valence-electron chi connectivity index (χ1n) is 5.26. The van der Waals surface area contributed by atoms with E-state index in [0.717, 1.165) is 0 Å². The Kier molecular flexibility index (Phi) is 6.18. The van der Waals surface area contributed by atoms with Crippen LogP contribution < -0.4 is 0 Å². The molecule has 7 heteroatoms. The van der Waals surface area contributed by atoms with E-state index in [1.54, 1.807) is 27.7 Å². The van der Waals surface area contributed by atoms with Crippen LogP contribution in [0.1, 0.15) is 34.6 Å². The van der Waals surface area contributed by atoms with Crippen molar-refractivity contribution in [3.63, 3.8) is 0 Å². The Labute approximate surface area is 98.0 Å². The molecule has 0 spiro atoms. The molecule has 0 aliphatic rings. The molecule has 0 atom stereocenters. The van der Waals surface area contributed by atoms with Crippen molar-refractivity contribution in [3.05, 3.63) is 0 Å². The van der Waals surface area contributed by atoms with Crippen LogP contribution in [0, 0.1) is 0 Å². The summed E-state index contributed by atoms with van der Waals surface area (Å²) < 4.78 is 45.4. The van der Waals surface area contributed by atoms with Gasteiger partial charge in [-0.15, -0.1) is 0 Å². The topological polar surface area (TPSA) is 69.7 Å². The quantitative estimate of drug-likeness (QED) is 0.666. The summed E-state index contributed by atoms with van der Waals surface area (Å²) in [5, 5.41) is 0. The molecular weight excluding hydrogens is 251 g/mol. The molecule has 98 valence electrons. The lowest BCUT2D eigenvalue weighted by Crippen LogP contribution is -2.16. The minimum atomic E-state index is -3.56. The van der Waals surface area contributed by atoms with E-state index in [4.69, 9.17) is 9.05 Å². The standard InChI is InChI=1S/C9H21O5PS/c1-6-16(11,12)7-15(10,13-8(2)3)14-9(4)5/h8-9H,6-7H2,1-5H3. The largest absolute Gasteiger partial charge is 0.346 e. The Morgan fingerprint density at radius 1 is 1.06 bits per heavy atom. The molecule has 0 heterocycles. The first-order valence-corrected chi connectivity index (χ1v) is 8.81. The highest BCUT2D eigenvalue weighted by atomic mass is 32.2. The normalized spacial score (nSPS) is 13.7. The van der Waals surface area contributed by atoms with Crippen molar-refractivity contribution in [3.8, 4) is 0 Å². The van der Waals surface area contributed by atoms with E-state index in [0.29, 0.717) is 0 Å². The maximum Gasteiger partial charge on any atom is 0.346 e. The molecule has 0 N–H and O–H groups in total. The third-order valence-electron chi connectivity index (χ3n) is 1.54. The Morgan fingerprint density at radius 3 is 1.69 bits per heavy atom. The average Bonchev–Trinajstić information content (AvgIpc) is 1.98. The Balaban J connectivity index is 4.88. The van der Waals surface area contributed by atoms with Gasteiger partial charge in [0.25, 0.3) is 0 Å². The van der Waals surface area contributed by atoms with Crippen molar-refractivity contribution in [2.24, 2.45) is 0 Å². The van der Waals surface area contributed by atoms with Gasteiger partial charge in [-0.1, -0.05) is 6.92 Å². The molecule has 0 aliphatic heterocycles. The van der Waals surface area contributed by atoms with Crippen LogP contribution in [0.4, 0.5) is 0 Å². The highest BCUT2D eigenvalue weighted by Crippen LogP contribution is 2.51. The van der Waals surface area contributed by atoms with Crippen molar-refractivity contribution in [2.75, 3.05) is 11.2 Å². The minimum absolute atomic E-state index is 0.0695. The predicted molar refractivity (Wildman–Crippen MR) is 64.4 cm³/mol. The van der Waals surface area contributed by atoms with Gasteiger partial charge in [0.2, 0.25) is 0 Å². The summed E-state index contributed by atoms with van der Waals surface area (Å²) in [6.45, 7) is 8.26. The van der Waals surface area contributed by atoms with Crippen LogP contribution in [-0.2, 0) is 23.4 Å². The minimum Gasteiger partial charge on any atom is -0.305 e. The van der Waals surface area contributed by atoms with Gasteiger partial charge in [-0.25, -0.2) is 8.42 Å². The number of hydrogen-bond donors (Lipinski definition) is 0. The number of hydrogen-bond acceptors (Lipinski definition) is 5. The summed E-state index contributed by atoms with van der Waals surface area (Å²) in [7, 11) is -6.94. The van der Waals surface area contributed by atoms with Crippen LogP contribution in [0.25, 0.3) is 0 Å². The second kappa shape index (κ2) is 6.15. The fraction of sp³-hybridized carbons (Fsp3) is 1.00. The summed E-state index contributed by atoms with van der Waals surface area (Å²) in [5.74, 6) is -0.0695. The zero-order valence-electron chi connectivity index (χ0n) is 10.5. The second-order valence-corrected chi connectivity index (χ2v) is 8.82. The lowest BCUT2D eigenvalue weighted by atomic mass is 10.5. The zero-order chi connectivity index (χ0) is 13.0. The third kappa shape index (κ3) is 6.63. The highest BCUT2D eigenvalue weighted by molar-refractivity contribution is 7.97. The van der Waals surface area contributed by atoms with Gasteiger partial charge >= 0.3 is 7.60 Å². The molecule has 0 saturated heterocycles. The van der Waals surface area contributed by atoms with Gasteiger partial charge in [-0.05, 0) is 27.7 Å². The molecule has 5 nitrogen and oxygen atoms in total. The van der Waals surface area contributed by atoms with Crippen molar-refractivity contribution >= 4 is 17.4 Å². The van der Waals surface area contributed by atoms with Gasteiger partial charge in [0.1, 0.15) is 0 Å². The molecule has 0 unspecified atom stereocenters. The molecule has 0 aromatic heterocycles. The second-order valence-electron chi connectivity index (χ2n) is 4.08. The van der Waals surface area contributed by atoms with Gasteiger partial charge in [-0.3, -0.25) is 4.57 Å². The van der Waals surface area contributed by atoms with Crippen molar-refractivity contribution in [2.45, 2.75) is 46.8 Å². The predicted octanol–water partition coefficient (Wildman–Crippen LogP) is 2.42. The van der Waals surface area contributed by atoms with Gasteiger partial charge in [0.05, 0.1) is 12.2 Å². The van der Waals surface area contributed by atoms with Crippen molar-refractivity contribution < 1.29 is 22.0 Å². The van der Waals surface area contributed by atoms with Crippen LogP contribution in [-0.4, -0.2) is 31.9 Å². The maximum atomic E-state index is 12.2. The highest BCUT2D eigenvalue weighted by Gasteiger charge is 2.33. The lowest BCUT2D eigenvalue weighted by molar-refractivity contribution is 0.145. The van der Waals surface area contributed by atoms with Crippen molar-refractivity contribution in [1.29, 1.82) is 0 Å². The molecule has 0 fully saturated rings. The van der Waals surface area contributed by atoms with E-state index in [1.807, 2.05) is 0 Å². The molecule has 16 heavy (non-hydrogen) atoms. The van der Waals surface area contributed by atoms with Crippen LogP contribution in [0.2, 0.25) is 0 Å². The fourth-order valence-corrected chi connectivity index (χ4v) is 5.54. The third-order valence-corrected chi connectivity index (χ3v) is 6.74. The van der Waals surface area contributed by atoms with Gasteiger partial charge in [0.15, 0.2) is 15.3 Å². The smallest absolute Gasteiger partial charge is 0.305 e. The fourth-order valence-electron chi connectivity index (χ4n) is 1.06. The summed E-state index contributed by atoms with van der Waals surface area (Å²) in [4.78, 5) is 0. The molecule has 0 bridgehead atoms. The molecule has 0 radical (unpaired) electrons. The van der Waals surface area contributed by atoms with Crippen LogP contribution in [0.15, 0.2) is 0 Å². The van der Waals surface area contributed by atoms with Crippen molar-refractivity contribution in [1.82, 2.24) is 0 Å². The summed E-state index contributed by atoms with van der Waals surface area (Å²) in [6, 6.07) is 0. The molecule has 0 aromatic carbocycles. The summed E-state index contributed by atoms with van der Waals surface area (Å²) in [5.41, 5.74) is -0.549. The average molecular weight is 272 g/mol. The van der Waals surface area contributed by atoms with E-state index < -0.39 is 22.9 Å². The first kappa shape index (κ1) is 16.1. The van der Waals surface area contributed by atoms with E-state index >= 15 is 0 Å². The molecule has 0 amide bonds. The van der Waals surface area contributed by atoms with E-state index in [2.05, 4.69) is 0 Å². The van der Waals surface area contributed by atoms with E-state index in [-0.39, 0.29) is 18.0 Å².